The predicted molar refractivity (Wildman–Crippen MR) is 96.0 cm³/mol. The molecule has 8 nitrogen and oxygen atoms in total. The molecule has 1 aliphatic heterocycles. The summed E-state index contributed by atoms with van der Waals surface area (Å²) in [5, 5.41) is 7.02. The van der Waals surface area contributed by atoms with Gasteiger partial charge in [-0.3, -0.25) is 9.59 Å². The van der Waals surface area contributed by atoms with E-state index in [0.29, 0.717) is 24.4 Å². The summed E-state index contributed by atoms with van der Waals surface area (Å²) in [7, 11) is 1.55. The Morgan fingerprint density at radius 2 is 2.19 bits per heavy atom. The molecule has 1 aliphatic rings. The fourth-order valence-electron chi connectivity index (χ4n) is 3.40. The van der Waals surface area contributed by atoms with Crippen molar-refractivity contribution < 1.29 is 9.53 Å². The number of aryl methyl sites for hydroxylation is 3. The van der Waals surface area contributed by atoms with Gasteiger partial charge in [-0.1, -0.05) is 0 Å². The highest BCUT2D eigenvalue weighted by atomic mass is 16.5. The van der Waals surface area contributed by atoms with Crippen molar-refractivity contribution in [3.63, 3.8) is 0 Å². The Kier molecular flexibility index (Phi) is 5.22. The molecule has 8 heteroatoms. The lowest BCUT2D eigenvalue weighted by atomic mass is 10.0. The number of carbonyl (C=O) groups excluding carboxylic acids is 1. The molecule has 2 aromatic heterocycles. The molecule has 0 aromatic carbocycles. The summed E-state index contributed by atoms with van der Waals surface area (Å²) in [6.07, 6.45) is 4.39. The van der Waals surface area contributed by atoms with Crippen LogP contribution in [0.4, 0.5) is 0 Å². The minimum Gasteiger partial charge on any atom is -0.370 e. The molecule has 3 rings (SSSR count). The Hall–Kier alpha value is -2.48. The molecule has 0 bridgehead atoms. The number of amides is 1. The average molecular weight is 359 g/mol. The van der Waals surface area contributed by atoms with E-state index < -0.39 is 0 Å². The summed E-state index contributed by atoms with van der Waals surface area (Å²) in [5.41, 5.74) is 1.06. The number of rotatable bonds is 5. The van der Waals surface area contributed by atoms with Gasteiger partial charge in [-0.15, -0.1) is 0 Å². The van der Waals surface area contributed by atoms with Crippen LogP contribution in [-0.2, 0) is 18.3 Å². The van der Waals surface area contributed by atoms with Crippen molar-refractivity contribution in [1.82, 2.24) is 24.6 Å². The number of carbonyl (C=O) groups is 1. The highest BCUT2D eigenvalue weighted by Crippen LogP contribution is 2.33. The van der Waals surface area contributed by atoms with Crippen LogP contribution in [0.2, 0.25) is 0 Å². The molecule has 0 spiro atoms. The molecule has 1 amide bonds. The predicted octanol–water partition coefficient (Wildman–Crippen LogP) is 1.12. The zero-order valence-corrected chi connectivity index (χ0v) is 15.7. The molecule has 26 heavy (non-hydrogen) atoms. The Morgan fingerprint density at radius 3 is 2.92 bits per heavy atom. The molecular formula is C18H25N5O3. The smallest absolute Gasteiger partial charge is 0.279 e. The first-order valence-corrected chi connectivity index (χ1v) is 8.89. The lowest BCUT2D eigenvalue weighted by molar-refractivity contribution is 0.0773. The van der Waals surface area contributed by atoms with Crippen LogP contribution in [0.1, 0.15) is 46.9 Å². The van der Waals surface area contributed by atoms with E-state index in [1.54, 1.807) is 27.1 Å². The topological polar surface area (TPSA) is 91.0 Å². The summed E-state index contributed by atoms with van der Waals surface area (Å²) in [4.78, 5) is 29.4. The number of imidazole rings is 1. The van der Waals surface area contributed by atoms with E-state index in [4.69, 9.17) is 4.74 Å². The van der Waals surface area contributed by atoms with Gasteiger partial charge in [-0.2, -0.15) is 5.10 Å². The van der Waals surface area contributed by atoms with Gasteiger partial charge in [-0.05, 0) is 32.8 Å². The number of aromatic nitrogens is 4. The summed E-state index contributed by atoms with van der Waals surface area (Å²) >= 11 is 0. The standard InChI is InChI=1S/C18H25N5O3/c1-5-23-8-7-19-16(23)15-13(6-9-26-15)10-20-17(24)14-11(2)12(3)21-22(4)18(14)25/h7-8,13,15H,5-6,9-10H2,1-4H3,(H,20,24)/t13-,15+/m0/s1. The Morgan fingerprint density at radius 1 is 1.42 bits per heavy atom. The molecule has 1 saturated heterocycles. The molecule has 0 radical (unpaired) electrons. The molecule has 0 aliphatic carbocycles. The maximum Gasteiger partial charge on any atom is 0.279 e. The van der Waals surface area contributed by atoms with Crippen molar-refractivity contribution in [2.24, 2.45) is 13.0 Å². The van der Waals surface area contributed by atoms with Gasteiger partial charge in [0.05, 0.1) is 5.69 Å². The van der Waals surface area contributed by atoms with Gasteiger partial charge in [0.2, 0.25) is 0 Å². The van der Waals surface area contributed by atoms with Gasteiger partial charge in [0.1, 0.15) is 17.5 Å². The largest absolute Gasteiger partial charge is 0.370 e. The second-order valence-electron chi connectivity index (χ2n) is 6.64. The third-order valence-electron chi connectivity index (χ3n) is 5.03. The van der Waals surface area contributed by atoms with Crippen LogP contribution in [0.25, 0.3) is 0 Å². The van der Waals surface area contributed by atoms with E-state index in [2.05, 4.69) is 26.9 Å². The van der Waals surface area contributed by atoms with E-state index >= 15 is 0 Å². The second-order valence-corrected chi connectivity index (χ2v) is 6.64. The van der Waals surface area contributed by atoms with Crippen LogP contribution >= 0.6 is 0 Å². The molecule has 2 aromatic rings. The first kappa shape index (κ1) is 18.3. The normalized spacial score (nSPS) is 19.7. The third-order valence-corrected chi connectivity index (χ3v) is 5.03. The van der Waals surface area contributed by atoms with E-state index in [-0.39, 0.29) is 29.1 Å². The zero-order valence-electron chi connectivity index (χ0n) is 15.7. The van der Waals surface area contributed by atoms with Crippen LogP contribution in [0.5, 0.6) is 0 Å². The third kappa shape index (κ3) is 3.29. The van der Waals surface area contributed by atoms with Gasteiger partial charge < -0.3 is 14.6 Å². The minimum atomic E-state index is -0.383. The van der Waals surface area contributed by atoms with Gasteiger partial charge >= 0.3 is 0 Å². The number of hydrogen-bond acceptors (Lipinski definition) is 5. The molecule has 3 heterocycles. The number of hydrogen-bond donors (Lipinski definition) is 1. The molecule has 2 atom stereocenters. The quantitative estimate of drug-likeness (QED) is 0.864. The zero-order chi connectivity index (χ0) is 18.8. The lowest BCUT2D eigenvalue weighted by Gasteiger charge is -2.19. The van der Waals surface area contributed by atoms with E-state index in [0.717, 1.165) is 18.8 Å². The van der Waals surface area contributed by atoms with Crippen LogP contribution in [0.15, 0.2) is 17.2 Å². The molecule has 140 valence electrons. The summed E-state index contributed by atoms with van der Waals surface area (Å²) in [6.45, 7) is 7.48. The first-order valence-electron chi connectivity index (χ1n) is 8.89. The first-order chi connectivity index (χ1) is 12.4. The van der Waals surface area contributed by atoms with Crippen molar-refractivity contribution >= 4 is 5.91 Å². The van der Waals surface area contributed by atoms with Crippen molar-refractivity contribution in [1.29, 1.82) is 0 Å². The molecule has 0 saturated carbocycles. The minimum absolute atomic E-state index is 0.124. The second kappa shape index (κ2) is 7.41. The van der Waals surface area contributed by atoms with Crippen molar-refractivity contribution in [2.45, 2.75) is 39.8 Å². The van der Waals surface area contributed by atoms with Gasteiger partial charge in [0.15, 0.2) is 0 Å². The fourth-order valence-corrected chi connectivity index (χ4v) is 3.40. The Labute approximate surface area is 152 Å². The SMILES string of the molecule is CCn1ccnc1[C@@H]1OCC[C@H]1CNC(=O)c1c(C)c(C)nn(C)c1=O. The summed E-state index contributed by atoms with van der Waals surface area (Å²) in [6, 6.07) is 0. The van der Waals surface area contributed by atoms with Crippen LogP contribution in [-0.4, -0.2) is 38.4 Å². The molecule has 0 unspecified atom stereocenters. The van der Waals surface area contributed by atoms with Gasteiger partial charge in [0.25, 0.3) is 11.5 Å². The molecular weight excluding hydrogens is 334 g/mol. The number of nitrogens with one attached hydrogen (secondary N) is 1. The maximum atomic E-state index is 12.6. The molecule has 1 N–H and O–H groups in total. The van der Waals surface area contributed by atoms with Gasteiger partial charge in [-0.25, -0.2) is 9.67 Å². The van der Waals surface area contributed by atoms with E-state index in [1.165, 1.54) is 4.68 Å². The van der Waals surface area contributed by atoms with E-state index in [9.17, 15) is 9.59 Å². The van der Waals surface area contributed by atoms with Crippen molar-refractivity contribution in [3.05, 3.63) is 45.4 Å². The highest BCUT2D eigenvalue weighted by molar-refractivity contribution is 5.95. The number of nitrogens with zero attached hydrogens (tertiary/aromatic N) is 4. The van der Waals surface area contributed by atoms with Crippen LogP contribution in [0.3, 0.4) is 0 Å². The van der Waals surface area contributed by atoms with Crippen LogP contribution in [0, 0.1) is 19.8 Å². The van der Waals surface area contributed by atoms with Gasteiger partial charge in [0, 0.05) is 45.1 Å². The Balaban J connectivity index is 1.75. The number of ether oxygens (including phenoxy) is 1. The van der Waals surface area contributed by atoms with Crippen molar-refractivity contribution in [2.75, 3.05) is 13.2 Å². The van der Waals surface area contributed by atoms with Crippen molar-refractivity contribution in [3.8, 4) is 0 Å². The lowest BCUT2D eigenvalue weighted by Crippen LogP contribution is -2.37. The van der Waals surface area contributed by atoms with E-state index in [1.807, 2.05) is 6.20 Å². The Bertz CT molecular complexity index is 870. The fraction of sp³-hybridized carbons (Fsp3) is 0.556. The summed E-state index contributed by atoms with van der Waals surface area (Å²) in [5.74, 6) is 0.646. The highest BCUT2D eigenvalue weighted by Gasteiger charge is 2.33. The maximum absolute atomic E-state index is 12.6. The summed E-state index contributed by atoms with van der Waals surface area (Å²) < 4.78 is 9.12. The van der Waals surface area contributed by atoms with Crippen LogP contribution < -0.4 is 10.9 Å². The molecule has 1 fully saturated rings. The monoisotopic (exact) mass is 359 g/mol. The average Bonchev–Trinajstić information content (AvgIpc) is 3.26.